The van der Waals surface area contributed by atoms with E-state index in [0.29, 0.717) is 22.4 Å². The number of anilines is 6. The predicted molar refractivity (Wildman–Crippen MR) is 329 cm³/mol. The van der Waals surface area contributed by atoms with Gasteiger partial charge in [0.1, 0.15) is 0 Å². The SMILES string of the molecule is O=C(Cc1ccccc1)Nc1cc(C(=O)O)c(NC(=O)Cc2ccccc2)cc1C(=O)O.O=C(Nc1cc(NC(=O)c2ccccc2)c(C(=O)O)cc1C(=O)O)c1ccccc1.O=C(Nc1ccccc1C(=O)Nc1ccccc1C(=O)O)c1ccccc1. The summed E-state index contributed by atoms with van der Waals surface area (Å²) in [6.45, 7) is 0. The lowest BCUT2D eigenvalue weighted by Crippen LogP contribution is -2.20. The molecule has 89 heavy (non-hydrogen) atoms. The lowest BCUT2D eigenvalue weighted by Gasteiger charge is -2.14. The first kappa shape index (κ1) is 63.7. The summed E-state index contributed by atoms with van der Waals surface area (Å²) in [6.07, 6.45) is -0.0320. The highest BCUT2D eigenvalue weighted by molar-refractivity contribution is 6.15. The van der Waals surface area contributed by atoms with Gasteiger partial charge in [-0.15, -0.1) is 0 Å². The first-order valence-electron chi connectivity index (χ1n) is 26.5. The third-order valence-corrected chi connectivity index (χ3v) is 12.6. The van der Waals surface area contributed by atoms with Gasteiger partial charge >= 0.3 is 29.8 Å². The number of carboxylic acids is 5. The van der Waals surface area contributed by atoms with Crippen LogP contribution in [0.1, 0.15) is 104 Å². The minimum Gasteiger partial charge on any atom is -0.478 e. The van der Waals surface area contributed by atoms with Gasteiger partial charge in [-0.3, -0.25) is 28.8 Å². The minimum atomic E-state index is -1.43. The standard InChI is InChI=1S/C24H20N2O6.C22H16N2O6.C21H16N2O4/c27-21(11-15-7-3-1-4-8-15)25-19-13-18(24(31)32)20(14-17(19)23(29)30)26-22(28)12-16-9-5-2-6-10-16;25-19(13-7-3-1-4-8-13)23-17-12-18(16(22(29)30)11-15(17)21(27)28)24-20(26)14-9-5-2-6-10-14;24-19(14-8-2-1-3-9-14)22-17-12-6-4-10-15(17)20(25)23-18-13-7-5-11-16(18)21(26)27/h1-10,13-14H,11-12H2,(H,25,27)(H,26,28)(H,29,30)(H,31,32);1-12H,(H,23,25)(H,24,26)(H,27,28)(H,29,30);1-13H,(H,22,24)(H,23,25)(H,26,27). The zero-order valence-electron chi connectivity index (χ0n) is 46.5. The number of carboxylic acid groups (broad SMARTS) is 5. The summed E-state index contributed by atoms with van der Waals surface area (Å²) < 4.78 is 0. The van der Waals surface area contributed by atoms with Crippen molar-refractivity contribution in [2.75, 3.05) is 31.9 Å². The number of carbonyl (C=O) groups is 11. The smallest absolute Gasteiger partial charge is 0.337 e. The van der Waals surface area contributed by atoms with Crippen LogP contribution in [0.3, 0.4) is 0 Å². The normalized spacial score (nSPS) is 10.2. The van der Waals surface area contributed by atoms with E-state index in [2.05, 4.69) is 31.9 Å². The predicted octanol–water partition coefficient (Wildman–Crippen LogP) is 10.9. The molecular formula is C67H52N6O16. The maximum Gasteiger partial charge on any atom is 0.337 e. The van der Waals surface area contributed by atoms with Crippen molar-refractivity contribution in [2.24, 2.45) is 0 Å². The second kappa shape index (κ2) is 30.6. The fourth-order valence-electron chi connectivity index (χ4n) is 8.38. The molecule has 6 amide bonds. The van der Waals surface area contributed by atoms with Gasteiger partial charge in [-0.05, 0) is 96.1 Å². The molecule has 0 aliphatic carbocycles. The molecule has 0 aromatic heterocycles. The second-order valence-corrected chi connectivity index (χ2v) is 18.8. The van der Waals surface area contributed by atoms with E-state index in [1.165, 1.54) is 12.1 Å². The van der Waals surface area contributed by atoms with E-state index < -0.39 is 70.5 Å². The van der Waals surface area contributed by atoms with Crippen molar-refractivity contribution in [2.45, 2.75) is 12.8 Å². The number of carbonyl (C=O) groups excluding carboxylic acids is 6. The Labute approximate surface area is 506 Å². The molecule has 0 atom stereocenters. The number of amides is 6. The molecule has 9 aromatic carbocycles. The van der Waals surface area contributed by atoms with Gasteiger partial charge in [0, 0.05) is 16.7 Å². The van der Waals surface area contributed by atoms with E-state index in [1.807, 2.05) is 0 Å². The van der Waals surface area contributed by atoms with Crippen LogP contribution in [0.5, 0.6) is 0 Å². The molecule has 22 nitrogen and oxygen atoms in total. The lowest BCUT2D eigenvalue weighted by atomic mass is 10.0. The number of para-hydroxylation sites is 2. The van der Waals surface area contributed by atoms with Crippen LogP contribution in [-0.2, 0) is 22.4 Å². The summed E-state index contributed by atoms with van der Waals surface area (Å²) in [6, 6.07) is 59.2. The van der Waals surface area contributed by atoms with Crippen LogP contribution >= 0.6 is 0 Å². The summed E-state index contributed by atoms with van der Waals surface area (Å²) >= 11 is 0. The van der Waals surface area contributed by atoms with Gasteiger partial charge in [0.2, 0.25) is 11.8 Å². The van der Waals surface area contributed by atoms with Gasteiger partial charge in [-0.2, -0.15) is 0 Å². The van der Waals surface area contributed by atoms with Crippen LogP contribution < -0.4 is 31.9 Å². The van der Waals surface area contributed by atoms with Crippen molar-refractivity contribution in [1.82, 2.24) is 0 Å². The maximum absolute atomic E-state index is 12.7. The first-order valence-corrected chi connectivity index (χ1v) is 26.5. The Morgan fingerprint density at radius 3 is 0.843 bits per heavy atom. The van der Waals surface area contributed by atoms with Crippen molar-refractivity contribution < 1.29 is 78.3 Å². The quantitative estimate of drug-likeness (QED) is 0.0358. The lowest BCUT2D eigenvalue weighted by molar-refractivity contribution is -0.116. The van der Waals surface area contributed by atoms with E-state index in [-0.39, 0.29) is 80.6 Å². The van der Waals surface area contributed by atoms with Crippen LogP contribution in [-0.4, -0.2) is 90.8 Å². The zero-order valence-corrected chi connectivity index (χ0v) is 46.5. The largest absolute Gasteiger partial charge is 0.478 e. The van der Waals surface area contributed by atoms with E-state index >= 15 is 0 Å². The molecule has 0 bridgehead atoms. The number of aromatic carboxylic acids is 5. The Kier molecular flexibility index (Phi) is 21.9. The Morgan fingerprint density at radius 2 is 0.494 bits per heavy atom. The molecule has 0 saturated carbocycles. The van der Waals surface area contributed by atoms with Crippen molar-refractivity contribution in [3.63, 3.8) is 0 Å². The number of hydrogen-bond donors (Lipinski definition) is 11. The van der Waals surface area contributed by atoms with Gasteiger partial charge in [0.15, 0.2) is 0 Å². The molecule has 22 heteroatoms. The molecule has 9 aromatic rings. The highest BCUT2D eigenvalue weighted by Crippen LogP contribution is 2.29. The topological polar surface area (TPSA) is 361 Å². The summed E-state index contributed by atoms with van der Waals surface area (Å²) in [5.41, 5.74) is 1.01. The third-order valence-electron chi connectivity index (χ3n) is 12.6. The number of nitrogens with one attached hydrogen (secondary N) is 6. The minimum absolute atomic E-state index is 0.0160. The van der Waals surface area contributed by atoms with E-state index in [0.717, 1.165) is 24.3 Å². The van der Waals surface area contributed by atoms with Crippen LogP contribution in [0.15, 0.2) is 224 Å². The average molecular weight is 1200 g/mol. The van der Waals surface area contributed by atoms with Crippen LogP contribution in [0.2, 0.25) is 0 Å². The van der Waals surface area contributed by atoms with E-state index in [1.54, 1.807) is 188 Å². The molecular weight excluding hydrogens is 1140 g/mol. The number of hydrogen-bond acceptors (Lipinski definition) is 11. The number of benzene rings is 9. The van der Waals surface area contributed by atoms with Gasteiger partial charge in [0.05, 0.1) is 80.3 Å². The molecule has 11 N–H and O–H groups in total. The number of rotatable bonds is 19. The monoisotopic (exact) mass is 1200 g/mol. The third kappa shape index (κ3) is 18.1. The van der Waals surface area contributed by atoms with Crippen molar-refractivity contribution in [1.29, 1.82) is 0 Å². The first-order chi connectivity index (χ1) is 42.8. The highest BCUT2D eigenvalue weighted by Gasteiger charge is 2.24. The van der Waals surface area contributed by atoms with E-state index in [9.17, 15) is 78.3 Å². The Hall–Kier alpha value is -12.9. The van der Waals surface area contributed by atoms with Crippen LogP contribution in [0.25, 0.3) is 0 Å². The molecule has 0 aliphatic heterocycles. The van der Waals surface area contributed by atoms with Crippen LogP contribution in [0.4, 0.5) is 34.1 Å². The molecule has 0 fully saturated rings. The molecule has 0 spiro atoms. The fraction of sp³-hybridized carbons (Fsp3) is 0.0299. The molecule has 9 rings (SSSR count). The molecule has 0 aliphatic rings. The summed E-state index contributed by atoms with van der Waals surface area (Å²) in [5.74, 6) is -9.80. The van der Waals surface area contributed by atoms with Crippen molar-refractivity contribution >= 4 is 99.4 Å². The highest BCUT2D eigenvalue weighted by atomic mass is 16.4. The summed E-state index contributed by atoms with van der Waals surface area (Å²) in [7, 11) is 0. The molecule has 0 heterocycles. The Balaban J connectivity index is 0.000000191. The van der Waals surface area contributed by atoms with Gasteiger partial charge in [0.25, 0.3) is 23.6 Å². The van der Waals surface area contributed by atoms with E-state index in [4.69, 9.17) is 0 Å². The van der Waals surface area contributed by atoms with Crippen molar-refractivity contribution in [3.05, 3.63) is 286 Å². The average Bonchev–Trinajstić information content (AvgIpc) is 2.02. The summed E-state index contributed by atoms with van der Waals surface area (Å²) in [4.78, 5) is 133. The maximum atomic E-state index is 12.7. The summed E-state index contributed by atoms with van der Waals surface area (Å²) in [5, 5.41) is 62.5. The van der Waals surface area contributed by atoms with Crippen molar-refractivity contribution in [3.8, 4) is 0 Å². The molecule has 0 radical (unpaired) electrons. The second-order valence-electron chi connectivity index (χ2n) is 18.8. The molecule has 446 valence electrons. The van der Waals surface area contributed by atoms with Gasteiger partial charge in [-0.25, -0.2) is 24.0 Å². The Bertz CT molecular complexity index is 3950. The van der Waals surface area contributed by atoms with Crippen LogP contribution in [0, 0.1) is 0 Å². The zero-order chi connectivity index (χ0) is 64.0. The van der Waals surface area contributed by atoms with Gasteiger partial charge in [-0.1, -0.05) is 140 Å². The fourth-order valence-corrected chi connectivity index (χ4v) is 8.38. The van der Waals surface area contributed by atoms with Gasteiger partial charge < -0.3 is 57.4 Å². The molecule has 0 saturated heterocycles. The Morgan fingerprint density at radius 1 is 0.236 bits per heavy atom. The molecule has 0 unspecified atom stereocenters.